The molecule has 0 aliphatic heterocycles. The molecule has 3 aromatic rings. The third kappa shape index (κ3) is 3.32. The van der Waals surface area contributed by atoms with Crippen LogP contribution in [0.25, 0.3) is 10.6 Å². The highest BCUT2D eigenvalue weighted by atomic mass is 32.1. The van der Waals surface area contributed by atoms with E-state index in [0.717, 1.165) is 22.7 Å². The first-order chi connectivity index (χ1) is 10.7. The SMILES string of the molecule is Nc1nccc(-c2ccc(C(=O)NCCc3ccc[nH]3)s2)n1. The number of hydrogen-bond donors (Lipinski definition) is 3. The fraction of sp³-hybridized carbons (Fsp3) is 0.133. The molecule has 0 radical (unpaired) electrons. The number of aromatic nitrogens is 3. The van der Waals surface area contributed by atoms with Crippen LogP contribution in [-0.2, 0) is 6.42 Å². The quantitative estimate of drug-likeness (QED) is 0.672. The Morgan fingerprint density at radius 1 is 1.32 bits per heavy atom. The van der Waals surface area contributed by atoms with Gasteiger partial charge >= 0.3 is 0 Å². The average molecular weight is 313 g/mol. The van der Waals surface area contributed by atoms with Gasteiger partial charge in [0.05, 0.1) is 15.4 Å². The molecule has 0 atom stereocenters. The average Bonchev–Trinajstić information content (AvgIpc) is 3.19. The van der Waals surface area contributed by atoms with Gasteiger partial charge in [-0.05, 0) is 30.3 Å². The van der Waals surface area contributed by atoms with Crippen molar-refractivity contribution in [2.75, 3.05) is 12.3 Å². The molecule has 0 aliphatic carbocycles. The zero-order chi connectivity index (χ0) is 15.4. The molecule has 0 aromatic carbocycles. The van der Waals surface area contributed by atoms with E-state index in [1.807, 2.05) is 24.4 Å². The smallest absolute Gasteiger partial charge is 0.261 e. The molecule has 0 bridgehead atoms. The molecular formula is C15H15N5OS. The highest BCUT2D eigenvalue weighted by Crippen LogP contribution is 2.26. The van der Waals surface area contributed by atoms with Crippen LogP contribution in [0, 0.1) is 0 Å². The van der Waals surface area contributed by atoms with Crippen LogP contribution < -0.4 is 11.1 Å². The van der Waals surface area contributed by atoms with Crippen molar-refractivity contribution in [3.63, 3.8) is 0 Å². The number of nitrogens with two attached hydrogens (primary N) is 1. The first-order valence-electron chi connectivity index (χ1n) is 6.81. The van der Waals surface area contributed by atoms with Crippen molar-refractivity contribution in [3.8, 4) is 10.6 Å². The Labute approximate surface area is 131 Å². The lowest BCUT2D eigenvalue weighted by molar-refractivity contribution is 0.0958. The largest absolute Gasteiger partial charge is 0.368 e. The standard InChI is InChI=1S/C15H15N5OS/c16-15-19-9-6-11(20-15)12-3-4-13(22-12)14(21)18-8-5-10-2-1-7-17-10/h1-4,6-7,9,17H,5,8H2,(H,18,21)(H2,16,19,20). The van der Waals surface area contributed by atoms with Crippen LogP contribution in [0.15, 0.2) is 42.7 Å². The van der Waals surface area contributed by atoms with Crippen molar-refractivity contribution in [1.82, 2.24) is 20.3 Å². The second-order valence-electron chi connectivity index (χ2n) is 4.67. The zero-order valence-electron chi connectivity index (χ0n) is 11.7. The van der Waals surface area contributed by atoms with Crippen LogP contribution in [0.3, 0.4) is 0 Å². The monoisotopic (exact) mass is 313 g/mol. The number of aromatic amines is 1. The predicted octanol–water partition coefficient (Wildman–Crippen LogP) is 2.09. The number of rotatable bonds is 5. The zero-order valence-corrected chi connectivity index (χ0v) is 12.6. The number of hydrogen-bond acceptors (Lipinski definition) is 5. The lowest BCUT2D eigenvalue weighted by atomic mass is 10.3. The Morgan fingerprint density at radius 2 is 2.23 bits per heavy atom. The summed E-state index contributed by atoms with van der Waals surface area (Å²) in [4.78, 5) is 24.8. The second-order valence-corrected chi connectivity index (χ2v) is 5.75. The van der Waals surface area contributed by atoms with E-state index in [0.29, 0.717) is 11.4 Å². The number of carbonyl (C=O) groups is 1. The van der Waals surface area contributed by atoms with Crippen molar-refractivity contribution >= 4 is 23.2 Å². The third-order valence-electron chi connectivity index (χ3n) is 3.10. The Balaban J connectivity index is 1.62. The molecule has 6 nitrogen and oxygen atoms in total. The molecule has 112 valence electrons. The van der Waals surface area contributed by atoms with E-state index in [1.165, 1.54) is 11.3 Å². The molecular weight excluding hydrogens is 298 g/mol. The highest BCUT2D eigenvalue weighted by Gasteiger charge is 2.11. The molecule has 0 aliphatic rings. The van der Waals surface area contributed by atoms with Crippen molar-refractivity contribution in [2.45, 2.75) is 6.42 Å². The summed E-state index contributed by atoms with van der Waals surface area (Å²) in [6.07, 6.45) is 4.25. The molecule has 3 heterocycles. The highest BCUT2D eigenvalue weighted by molar-refractivity contribution is 7.17. The minimum atomic E-state index is -0.0789. The molecule has 7 heteroatoms. The molecule has 1 amide bonds. The van der Waals surface area contributed by atoms with Crippen LogP contribution in [0.4, 0.5) is 5.95 Å². The number of nitrogens with zero attached hydrogens (tertiary/aromatic N) is 2. The molecule has 4 N–H and O–H groups in total. The predicted molar refractivity (Wildman–Crippen MR) is 86.6 cm³/mol. The van der Waals surface area contributed by atoms with Crippen LogP contribution in [0.5, 0.6) is 0 Å². The van der Waals surface area contributed by atoms with E-state index >= 15 is 0 Å². The number of nitrogens with one attached hydrogen (secondary N) is 2. The Hall–Kier alpha value is -2.67. The molecule has 0 fully saturated rings. The van der Waals surface area contributed by atoms with Gasteiger partial charge in [0.25, 0.3) is 5.91 Å². The van der Waals surface area contributed by atoms with E-state index in [-0.39, 0.29) is 11.9 Å². The Kier molecular flexibility index (Phi) is 4.15. The van der Waals surface area contributed by atoms with E-state index in [9.17, 15) is 4.79 Å². The van der Waals surface area contributed by atoms with Gasteiger partial charge < -0.3 is 16.0 Å². The molecule has 3 aromatic heterocycles. The minimum absolute atomic E-state index is 0.0789. The number of anilines is 1. The third-order valence-corrected chi connectivity index (χ3v) is 4.21. The first-order valence-corrected chi connectivity index (χ1v) is 7.63. The number of H-pyrrole nitrogens is 1. The number of carbonyl (C=O) groups excluding carboxylic acids is 1. The molecule has 22 heavy (non-hydrogen) atoms. The van der Waals surface area contributed by atoms with Crippen molar-refractivity contribution in [2.24, 2.45) is 0 Å². The summed E-state index contributed by atoms with van der Waals surface area (Å²) in [5.74, 6) is 0.146. The normalized spacial score (nSPS) is 10.5. The van der Waals surface area contributed by atoms with E-state index < -0.39 is 0 Å². The Morgan fingerprint density at radius 3 is 3.00 bits per heavy atom. The van der Waals surface area contributed by atoms with Crippen molar-refractivity contribution in [1.29, 1.82) is 0 Å². The summed E-state index contributed by atoms with van der Waals surface area (Å²) in [5.41, 5.74) is 7.40. The van der Waals surface area contributed by atoms with Gasteiger partial charge in [0.2, 0.25) is 5.95 Å². The summed E-state index contributed by atoms with van der Waals surface area (Å²) < 4.78 is 0. The van der Waals surface area contributed by atoms with Crippen LogP contribution in [-0.4, -0.2) is 27.4 Å². The van der Waals surface area contributed by atoms with Crippen molar-refractivity contribution in [3.05, 3.63) is 53.3 Å². The molecule has 3 rings (SSSR count). The minimum Gasteiger partial charge on any atom is -0.368 e. The lowest BCUT2D eigenvalue weighted by Gasteiger charge is -2.02. The summed E-state index contributed by atoms with van der Waals surface area (Å²) in [5, 5.41) is 2.91. The Bertz CT molecular complexity index is 766. The maximum atomic E-state index is 12.1. The molecule has 0 saturated heterocycles. The number of amides is 1. The van der Waals surface area contributed by atoms with E-state index in [4.69, 9.17) is 5.73 Å². The van der Waals surface area contributed by atoms with Crippen molar-refractivity contribution < 1.29 is 4.79 Å². The molecule has 0 unspecified atom stereocenters. The van der Waals surface area contributed by atoms with Gasteiger partial charge in [0.15, 0.2) is 0 Å². The van der Waals surface area contributed by atoms with Gasteiger partial charge in [-0.3, -0.25) is 4.79 Å². The topological polar surface area (TPSA) is 96.7 Å². The van der Waals surface area contributed by atoms with Gasteiger partial charge in [-0.25, -0.2) is 9.97 Å². The van der Waals surface area contributed by atoms with E-state index in [2.05, 4.69) is 20.3 Å². The number of nitrogen functional groups attached to an aromatic ring is 1. The van der Waals surface area contributed by atoms with Gasteiger partial charge in [0, 0.05) is 31.1 Å². The van der Waals surface area contributed by atoms with Gasteiger partial charge in [-0.1, -0.05) is 0 Å². The second kappa shape index (κ2) is 6.40. The number of thiophene rings is 1. The lowest BCUT2D eigenvalue weighted by Crippen LogP contribution is -2.24. The summed E-state index contributed by atoms with van der Waals surface area (Å²) in [6, 6.07) is 9.37. The maximum absolute atomic E-state index is 12.1. The summed E-state index contributed by atoms with van der Waals surface area (Å²) in [6.45, 7) is 0.590. The van der Waals surface area contributed by atoms with Crippen LogP contribution in [0.2, 0.25) is 0 Å². The van der Waals surface area contributed by atoms with Gasteiger partial charge in [0.1, 0.15) is 0 Å². The maximum Gasteiger partial charge on any atom is 0.261 e. The molecule has 0 spiro atoms. The fourth-order valence-corrected chi connectivity index (χ4v) is 2.92. The van der Waals surface area contributed by atoms with Gasteiger partial charge in [-0.15, -0.1) is 11.3 Å². The van der Waals surface area contributed by atoms with Crippen LogP contribution in [0.1, 0.15) is 15.4 Å². The first kappa shape index (κ1) is 14.3. The fourth-order valence-electron chi connectivity index (χ4n) is 2.03. The molecule has 0 saturated carbocycles. The van der Waals surface area contributed by atoms with E-state index in [1.54, 1.807) is 18.3 Å². The van der Waals surface area contributed by atoms with Gasteiger partial charge in [-0.2, -0.15) is 0 Å². The summed E-state index contributed by atoms with van der Waals surface area (Å²) >= 11 is 1.39. The summed E-state index contributed by atoms with van der Waals surface area (Å²) in [7, 11) is 0. The van der Waals surface area contributed by atoms with Crippen LogP contribution >= 0.6 is 11.3 Å².